The Bertz CT molecular complexity index is 1240. The molecule has 0 radical (unpaired) electrons. The maximum atomic E-state index is 12.8. The van der Waals surface area contributed by atoms with Gasteiger partial charge >= 0.3 is 5.69 Å². The van der Waals surface area contributed by atoms with Crippen molar-refractivity contribution in [3.8, 4) is 5.88 Å². The first-order valence-corrected chi connectivity index (χ1v) is 9.81. The Balaban J connectivity index is 1.54. The molecule has 1 aliphatic rings. The molecular formula is C22H22N4O3. The van der Waals surface area contributed by atoms with Gasteiger partial charge in [0.05, 0.1) is 41.7 Å². The van der Waals surface area contributed by atoms with Crippen molar-refractivity contribution >= 4 is 21.9 Å². The molecule has 4 aromatic rings. The lowest BCUT2D eigenvalue weighted by atomic mass is 10.1. The SMILES string of the molecule is Cn1c(=O)n(Cc2nc(OCC3CCOC3)c3ccccc3n2)c2ccccc21. The number of aromatic nitrogens is 4. The van der Waals surface area contributed by atoms with Crippen LogP contribution in [0.3, 0.4) is 0 Å². The Morgan fingerprint density at radius 3 is 2.72 bits per heavy atom. The monoisotopic (exact) mass is 390 g/mol. The Morgan fingerprint density at radius 2 is 1.90 bits per heavy atom. The van der Waals surface area contributed by atoms with Crippen molar-refractivity contribution in [3.05, 3.63) is 64.8 Å². The predicted octanol–water partition coefficient (Wildman–Crippen LogP) is 2.75. The normalized spacial score (nSPS) is 16.7. The topological polar surface area (TPSA) is 71.2 Å². The van der Waals surface area contributed by atoms with E-state index in [1.165, 1.54) is 0 Å². The molecular weight excluding hydrogens is 368 g/mol. The van der Waals surface area contributed by atoms with Crippen molar-refractivity contribution < 1.29 is 9.47 Å². The highest BCUT2D eigenvalue weighted by molar-refractivity contribution is 5.83. The number of nitrogens with zero attached hydrogens (tertiary/aromatic N) is 4. The average Bonchev–Trinajstić information content (AvgIpc) is 3.35. The minimum absolute atomic E-state index is 0.0893. The standard InChI is InChI=1S/C22H22N4O3/c1-25-18-8-4-5-9-19(18)26(22(25)27)12-20-23-17-7-3-2-6-16(17)21(24-20)29-14-15-10-11-28-13-15/h2-9,15H,10-14H2,1H3. The molecule has 29 heavy (non-hydrogen) atoms. The Morgan fingerprint density at radius 1 is 1.10 bits per heavy atom. The van der Waals surface area contributed by atoms with Crippen LogP contribution in [0.1, 0.15) is 12.2 Å². The van der Waals surface area contributed by atoms with E-state index >= 15 is 0 Å². The Hall–Kier alpha value is -3.19. The summed E-state index contributed by atoms with van der Waals surface area (Å²) < 4.78 is 14.9. The minimum Gasteiger partial charge on any atom is -0.477 e. The molecule has 0 bridgehead atoms. The average molecular weight is 390 g/mol. The third-order valence-corrected chi connectivity index (χ3v) is 5.45. The maximum Gasteiger partial charge on any atom is 0.329 e. The van der Waals surface area contributed by atoms with Gasteiger partial charge in [0, 0.05) is 19.6 Å². The van der Waals surface area contributed by atoms with Crippen LogP contribution in [-0.4, -0.2) is 38.9 Å². The second-order valence-electron chi connectivity index (χ2n) is 7.42. The van der Waals surface area contributed by atoms with Gasteiger partial charge in [-0.1, -0.05) is 24.3 Å². The van der Waals surface area contributed by atoms with E-state index in [0.717, 1.165) is 41.6 Å². The Labute approximate surface area is 167 Å². The highest BCUT2D eigenvalue weighted by atomic mass is 16.5. The third-order valence-electron chi connectivity index (χ3n) is 5.45. The van der Waals surface area contributed by atoms with Gasteiger partial charge in [-0.05, 0) is 30.7 Å². The summed E-state index contributed by atoms with van der Waals surface area (Å²) >= 11 is 0. The molecule has 2 aromatic heterocycles. The molecule has 7 nitrogen and oxygen atoms in total. The number of imidazole rings is 1. The van der Waals surface area contributed by atoms with Gasteiger partial charge in [-0.25, -0.2) is 9.78 Å². The molecule has 0 saturated carbocycles. The van der Waals surface area contributed by atoms with E-state index in [1.54, 1.807) is 16.2 Å². The van der Waals surface area contributed by atoms with Crippen LogP contribution in [0.2, 0.25) is 0 Å². The number of benzene rings is 2. The van der Waals surface area contributed by atoms with Crippen molar-refractivity contribution in [2.75, 3.05) is 19.8 Å². The van der Waals surface area contributed by atoms with E-state index in [9.17, 15) is 4.79 Å². The number of hydrogen-bond donors (Lipinski definition) is 0. The summed E-state index contributed by atoms with van der Waals surface area (Å²) in [5, 5.41) is 0.875. The number of ether oxygens (including phenoxy) is 2. The van der Waals surface area contributed by atoms with Gasteiger partial charge < -0.3 is 9.47 Å². The molecule has 1 aliphatic heterocycles. The van der Waals surface area contributed by atoms with Gasteiger partial charge in [-0.2, -0.15) is 4.98 Å². The zero-order valence-electron chi connectivity index (χ0n) is 16.2. The van der Waals surface area contributed by atoms with Crippen LogP contribution in [0, 0.1) is 5.92 Å². The lowest BCUT2D eigenvalue weighted by Crippen LogP contribution is -2.23. The smallest absolute Gasteiger partial charge is 0.329 e. The van der Waals surface area contributed by atoms with Gasteiger partial charge in [0.25, 0.3) is 0 Å². The van der Waals surface area contributed by atoms with E-state index in [0.29, 0.717) is 24.2 Å². The first-order valence-electron chi connectivity index (χ1n) is 9.81. The second-order valence-corrected chi connectivity index (χ2v) is 7.42. The molecule has 1 unspecified atom stereocenters. The van der Waals surface area contributed by atoms with Crippen LogP contribution in [0.15, 0.2) is 53.3 Å². The fraction of sp³-hybridized carbons (Fsp3) is 0.318. The largest absolute Gasteiger partial charge is 0.477 e. The van der Waals surface area contributed by atoms with Crippen LogP contribution in [-0.2, 0) is 18.3 Å². The molecule has 0 amide bonds. The quantitative estimate of drug-likeness (QED) is 0.524. The summed E-state index contributed by atoms with van der Waals surface area (Å²) in [5.41, 5.74) is 2.47. The summed E-state index contributed by atoms with van der Waals surface area (Å²) in [7, 11) is 1.78. The lowest BCUT2D eigenvalue weighted by molar-refractivity contribution is 0.166. The molecule has 0 N–H and O–H groups in total. The molecule has 5 rings (SSSR count). The van der Waals surface area contributed by atoms with E-state index in [2.05, 4.69) is 9.97 Å². The van der Waals surface area contributed by atoms with Crippen LogP contribution in [0.4, 0.5) is 0 Å². The molecule has 1 fully saturated rings. The maximum absolute atomic E-state index is 12.8. The van der Waals surface area contributed by atoms with Gasteiger partial charge in [0.2, 0.25) is 5.88 Å². The molecule has 148 valence electrons. The third kappa shape index (κ3) is 3.27. The summed E-state index contributed by atoms with van der Waals surface area (Å²) in [6.45, 7) is 2.36. The van der Waals surface area contributed by atoms with Gasteiger partial charge in [0.1, 0.15) is 0 Å². The fourth-order valence-electron chi connectivity index (χ4n) is 3.84. The number of rotatable bonds is 5. The van der Waals surface area contributed by atoms with Crippen molar-refractivity contribution in [3.63, 3.8) is 0 Å². The van der Waals surface area contributed by atoms with Crippen molar-refractivity contribution in [1.82, 2.24) is 19.1 Å². The first kappa shape index (κ1) is 17.9. The predicted molar refractivity (Wildman–Crippen MR) is 110 cm³/mol. The fourth-order valence-corrected chi connectivity index (χ4v) is 3.84. The summed E-state index contributed by atoms with van der Waals surface area (Å²) in [6, 6.07) is 15.5. The van der Waals surface area contributed by atoms with Crippen molar-refractivity contribution in [1.29, 1.82) is 0 Å². The molecule has 3 heterocycles. The van der Waals surface area contributed by atoms with E-state index in [1.807, 2.05) is 48.5 Å². The second kappa shape index (κ2) is 7.33. The number of aryl methyl sites for hydroxylation is 1. The highest BCUT2D eigenvalue weighted by Gasteiger charge is 2.18. The zero-order chi connectivity index (χ0) is 19.8. The number of hydrogen-bond acceptors (Lipinski definition) is 5. The van der Waals surface area contributed by atoms with Crippen molar-refractivity contribution in [2.45, 2.75) is 13.0 Å². The van der Waals surface area contributed by atoms with Crippen LogP contribution in [0.5, 0.6) is 5.88 Å². The summed E-state index contributed by atoms with van der Waals surface area (Å²) in [6.07, 6.45) is 1.00. The van der Waals surface area contributed by atoms with Crippen LogP contribution < -0.4 is 10.4 Å². The molecule has 1 atom stereocenters. The van der Waals surface area contributed by atoms with Crippen molar-refractivity contribution in [2.24, 2.45) is 13.0 Å². The summed E-state index contributed by atoms with van der Waals surface area (Å²) in [4.78, 5) is 22.1. The van der Waals surface area contributed by atoms with Gasteiger partial charge in [-0.15, -0.1) is 0 Å². The molecule has 0 spiro atoms. The van der Waals surface area contributed by atoms with E-state index in [-0.39, 0.29) is 12.2 Å². The van der Waals surface area contributed by atoms with E-state index in [4.69, 9.17) is 9.47 Å². The lowest BCUT2D eigenvalue weighted by Gasteiger charge is -2.13. The van der Waals surface area contributed by atoms with E-state index < -0.39 is 0 Å². The van der Waals surface area contributed by atoms with Gasteiger partial charge in [0.15, 0.2) is 5.82 Å². The minimum atomic E-state index is -0.0893. The number of fused-ring (bicyclic) bond motifs is 2. The highest BCUT2D eigenvalue weighted by Crippen LogP contribution is 2.24. The first-order chi connectivity index (χ1) is 14.2. The molecule has 7 heteroatoms. The molecule has 2 aromatic carbocycles. The number of para-hydroxylation sites is 3. The Kier molecular flexibility index (Phi) is 4.52. The van der Waals surface area contributed by atoms with Gasteiger partial charge in [-0.3, -0.25) is 9.13 Å². The van der Waals surface area contributed by atoms with Crippen LogP contribution >= 0.6 is 0 Å². The molecule has 0 aliphatic carbocycles. The van der Waals surface area contributed by atoms with Crippen LogP contribution in [0.25, 0.3) is 21.9 Å². The zero-order valence-corrected chi connectivity index (χ0v) is 16.2. The summed E-state index contributed by atoms with van der Waals surface area (Å²) in [5.74, 6) is 1.50. The molecule has 1 saturated heterocycles.